The highest BCUT2D eigenvalue weighted by molar-refractivity contribution is 7.10. The number of carbonyl (C=O) groups is 2. The van der Waals surface area contributed by atoms with Crippen LogP contribution in [0.3, 0.4) is 0 Å². The molecule has 138 valence electrons. The van der Waals surface area contributed by atoms with Crippen LogP contribution in [-0.4, -0.2) is 11.8 Å². The zero-order valence-electron chi connectivity index (χ0n) is 14.9. The van der Waals surface area contributed by atoms with Gasteiger partial charge in [-0.25, -0.2) is 0 Å². The molecule has 6 heteroatoms. The molecule has 1 aliphatic heterocycles. The molecule has 0 bridgehead atoms. The van der Waals surface area contributed by atoms with E-state index in [0.717, 1.165) is 16.1 Å². The lowest BCUT2D eigenvalue weighted by Gasteiger charge is -2.27. The summed E-state index contributed by atoms with van der Waals surface area (Å²) < 4.78 is 5.28. The number of carbonyl (C=O) groups excluding carboxylic acids is 2. The summed E-state index contributed by atoms with van der Waals surface area (Å²) in [5.41, 5.74) is 1.95. The zero-order chi connectivity index (χ0) is 18.8. The molecule has 0 spiro atoms. The van der Waals surface area contributed by atoms with Crippen molar-refractivity contribution in [3.8, 4) is 0 Å². The van der Waals surface area contributed by atoms with Gasteiger partial charge in [0.1, 0.15) is 5.76 Å². The summed E-state index contributed by atoms with van der Waals surface area (Å²) in [6.45, 7) is 2.33. The fourth-order valence-electron chi connectivity index (χ4n) is 3.48. The Balaban J connectivity index is 1.62. The summed E-state index contributed by atoms with van der Waals surface area (Å²) >= 11 is 1.57. The van der Waals surface area contributed by atoms with Crippen LogP contribution in [-0.2, 0) is 16.1 Å². The second-order valence-corrected chi connectivity index (χ2v) is 7.65. The SMILES string of the molecule is Cc1ccc(N2C(=O)C[C@H](C(=O)NCc3ccco3)[C@H]2c2cccs2)cc1. The van der Waals surface area contributed by atoms with E-state index in [1.807, 2.05) is 54.8 Å². The van der Waals surface area contributed by atoms with Crippen LogP contribution in [0.25, 0.3) is 0 Å². The molecule has 1 saturated heterocycles. The third kappa shape index (κ3) is 3.53. The van der Waals surface area contributed by atoms with Crippen molar-refractivity contribution in [2.45, 2.75) is 25.9 Å². The van der Waals surface area contributed by atoms with Gasteiger partial charge in [-0.15, -0.1) is 11.3 Å². The van der Waals surface area contributed by atoms with Gasteiger partial charge in [-0.3, -0.25) is 9.59 Å². The normalized spacial score (nSPS) is 19.4. The molecule has 0 unspecified atom stereocenters. The summed E-state index contributed by atoms with van der Waals surface area (Å²) in [6, 6.07) is 15.1. The largest absolute Gasteiger partial charge is 0.467 e. The average Bonchev–Trinajstić information content (AvgIpc) is 3.41. The third-order valence-corrected chi connectivity index (χ3v) is 5.77. The van der Waals surface area contributed by atoms with Crippen LogP contribution in [0.5, 0.6) is 0 Å². The lowest BCUT2D eigenvalue weighted by atomic mass is 9.97. The molecule has 3 heterocycles. The molecule has 0 saturated carbocycles. The third-order valence-electron chi connectivity index (χ3n) is 4.82. The van der Waals surface area contributed by atoms with E-state index >= 15 is 0 Å². The summed E-state index contributed by atoms with van der Waals surface area (Å²) in [4.78, 5) is 28.5. The number of hydrogen-bond acceptors (Lipinski definition) is 4. The lowest BCUT2D eigenvalue weighted by molar-refractivity contribution is -0.127. The van der Waals surface area contributed by atoms with Crippen LogP contribution in [0.4, 0.5) is 5.69 Å². The number of hydrogen-bond donors (Lipinski definition) is 1. The number of nitrogens with one attached hydrogen (secondary N) is 1. The van der Waals surface area contributed by atoms with Crippen molar-refractivity contribution < 1.29 is 14.0 Å². The zero-order valence-corrected chi connectivity index (χ0v) is 15.7. The maximum Gasteiger partial charge on any atom is 0.228 e. The first-order chi connectivity index (χ1) is 13.1. The number of furan rings is 1. The minimum absolute atomic E-state index is 0.0320. The Morgan fingerprint density at radius 3 is 2.70 bits per heavy atom. The minimum atomic E-state index is -0.438. The maximum absolute atomic E-state index is 12.9. The van der Waals surface area contributed by atoms with E-state index in [2.05, 4.69) is 5.32 Å². The van der Waals surface area contributed by atoms with Gasteiger partial charge in [0.25, 0.3) is 0 Å². The number of thiophene rings is 1. The number of nitrogens with zero attached hydrogens (tertiary/aromatic N) is 1. The van der Waals surface area contributed by atoms with Crippen molar-refractivity contribution in [2.75, 3.05) is 4.90 Å². The molecular formula is C21H20N2O3S. The Morgan fingerprint density at radius 1 is 1.22 bits per heavy atom. The van der Waals surface area contributed by atoms with E-state index in [9.17, 15) is 9.59 Å². The molecular weight excluding hydrogens is 360 g/mol. The molecule has 0 radical (unpaired) electrons. The van der Waals surface area contributed by atoms with Gasteiger partial charge in [0.15, 0.2) is 0 Å². The van der Waals surface area contributed by atoms with E-state index in [0.29, 0.717) is 12.3 Å². The summed E-state index contributed by atoms with van der Waals surface area (Å²) in [5, 5.41) is 4.89. The van der Waals surface area contributed by atoms with Crippen LogP contribution in [0.2, 0.25) is 0 Å². The van der Waals surface area contributed by atoms with Crippen molar-refractivity contribution in [1.29, 1.82) is 0 Å². The van der Waals surface area contributed by atoms with Crippen LogP contribution in [0.15, 0.2) is 64.6 Å². The monoisotopic (exact) mass is 380 g/mol. The van der Waals surface area contributed by atoms with Crippen molar-refractivity contribution in [3.05, 3.63) is 76.4 Å². The molecule has 4 rings (SSSR count). The predicted molar refractivity (Wildman–Crippen MR) is 104 cm³/mol. The Kier molecular flexibility index (Phi) is 4.81. The van der Waals surface area contributed by atoms with Crippen LogP contribution in [0, 0.1) is 12.8 Å². The van der Waals surface area contributed by atoms with Gasteiger partial charge < -0.3 is 14.6 Å². The van der Waals surface area contributed by atoms with Gasteiger partial charge in [-0.1, -0.05) is 23.8 Å². The van der Waals surface area contributed by atoms with E-state index in [1.165, 1.54) is 0 Å². The first-order valence-corrected chi connectivity index (χ1v) is 9.73. The fourth-order valence-corrected chi connectivity index (χ4v) is 4.36. The summed E-state index contributed by atoms with van der Waals surface area (Å²) in [7, 11) is 0. The second kappa shape index (κ2) is 7.40. The quantitative estimate of drug-likeness (QED) is 0.726. The van der Waals surface area contributed by atoms with Gasteiger partial charge in [-0.05, 0) is 42.6 Å². The molecule has 5 nitrogen and oxygen atoms in total. The summed E-state index contributed by atoms with van der Waals surface area (Å²) in [6.07, 6.45) is 1.77. The molecule has 1 aliphatic rings. The van der Waals surface area contributed by atoms with Gasteiger partial charge in [-0.2, -0.15) is 0 Å². The Bertz CT molecular complexity index is 917. The van der Waals surface area contributed by atoms with Gasteiger partial charge in [0, 0.05) is 17.0 Å². The van der Waals surface area contributed by atoms with E-state index < -0.39 is 5.92 Å². The molecule has 1 fully saturated rings. The van der Waals surface area contributed by atoms with Gasteiger partial charge >= 0.3 is 0 Å². The number of benzene rings is 1. The lowest BCUT2D eigenvalue weighted by Crippen LogP contribution is -2.35. The van der Waals surface area contributed by atoms with Gasteiger partial charge in [0.2, 0.25) is 11.8 Å². The number of aryl methyl sites for hydroxylation is 1. The Morgan fingerprint density at radius 2 is 2.04 bits per heavy atom. The van der Waals surface area contributed by atoms with Crippen LogP contribution in [0.1, 0.15) is 28.7 Å². The highest BCUT2D eigenvalue weighted by Crippen LogP contribution is 2.43. The first kappa shape index (κ1) is 17.5. The molecule has 2 atom stereocenters. The van der Waals surface area contributed by atoms with Crippen LogP contribution < -0.4 is 10.2 Å². The van der Waals surface area contributed by atoms with Crippen LogP contribution >= 0.6 is 11.3 Å². The standard InChI is InChI=1S/C21H20N2O3S/c1-14-6-8-15(9-7-14)23-19(24)12-17(20(23)18-5-3-11-27-18)21(25)22-13-16-4-2-10-26-16/h2-11,17,20H,12-13H2,1H3,(H,22,25)/t17-,20-/m0/s1. The topological polar surface area (TPSA) is 62.6 Å². The molecule has 0 aliphatic carbocycles. The molecule has 2 amide bonds. The average molecular weight is 380 g/mol. The molecule has 27 heavy (non-hydrogen) atoms. The smallest absolute Gasteiger partial charge is 0.228 e. The van der Waals surface area contributed by atoms with Gasteiger partial charge in [0.05, 0.1) is 24.8 Å². The molecule has 1 aromatic carbocycles. The van der Waals surface area contributed by atoms with E-state index in [-0.39, 0.29) is 24.3 Å². The number of amides is 2. The summed E-state index contributed by atoms with van der Waals surface area (Å²) in [5.74, 6) is 0.0892. The van der Waals surface area contributed by atoms with Crippen molar-refractivity contribution in [3.63, 3.8) is 0 Å². The fraction of sp³-hybridized carbons (Fsp3) is 0.238. The number of rotatable bonds is 5. The predicted octanol–water partition coefficient (Wildman–Crippen LogP) is 4.06. The first-order valence-electron chi connectivity index (χ1n) is 8.85. The Labute approximate surface area is 161 Å². The highest BCUT2D eigenvalue weighted by atomic mass is 32.1. The molecule has 2 aromatic heterocycles. The minimum Gasteiger partial charge on any atom is -0.467 e. The van der Waals surface area contributed by atoms with Crippen molar-refractivity contribution in [2.24, 2.45) is 5.92 Å². The number of anilines is 1. The van der Waals surface area contributed by atoms with Crippen molar-refractivity contribution >= 4 is 28.8 Å². The molecule has 1 N–H and O–H groups in total. The van der Waals surface area contributed by atoms with E-state index in [1.54, 1.807) is 28.6 Å². The molecule has 3 aromatic rings. The Hall–Kier alpha value is -2.86. The maximum atomic E-state index is 12.9. The van der Waals surface area contributed by atoms with E-state index in [4.69, 9.17) is 4.42 Å². The highest BCUT2D eigenvalue weighted by Gasteiger charge is 2.45. The van der Waals surface area contributed by atoms with Crippen molar-refractivity contribution in [1.82, 2.24) is 5.32 Å². The second-order valence-electron chi connectivity index (χ2n) is 6.67.